The first-order valence-corrected chi connectivity index (χ1v) is 6.15. The first-order valence-electron chi connectivity index (χ1n) is 6.15. The number of hydrogen-bond donors (Lipinski definition) is 1. The van der Waals surface area contributed by atoms with Crippen molar-refractivity contribution in [2.24, 2.45) is 0 Å². The van der Waals surface area contributed by atoms with E-state index in [1.165, 1.54) is 36.9 Å². The monoisotopic (exact) mass is 203 g/mol. The molecular weight excluding hydrogens is 182 g/mol. The molecule has 0 radical (unpaired) electrons. The zero-order valence-electron chi connectivity index (χ0n) is 9.84. The SMILES string of the molecule is CCc1ccc(C2(CC)CCCN2)cc1. The molecule has 15 heavy (non-hydrogen) atoms. The van der Waals surface area contributed by atoms with Crippen LogP contribution in [-0.2, 0) is 12.0 Å². The number of nitrogens with one attached hydrogen (secondary N) is 1. The van der Waals surface area contributed by atoms with Crippen molar-refractivity contribution in [3.05, 3.63) is 35.4 Å². The highest BCUT2D eigenvalue weighted by atomic mass is 15.0. The lowest BCUT2D eigenvalue weighted by Crippen LogP contribution is -2.35. The van der Waals surface area contributed by atoms with Crippen LogP contribution in [0.3, 0.4) is 0 Å². The number of rotatable bonds is 3. The first kappa shape index (κ1) is 10.7. The predicted molar refractivity (Wildman–Crippen MR) is 65.0 cm³/mol. The fraction of sp³-hybridized carbons (Fsp3) is 0.571. The summed E-state index contributed by atoms with van der Waals surface area (Å²) in [5.74, 6) is 0. The maximum atomic E-state index is 3.67. The van der Waals surface area contributed by atoms with Crippen LogP contribution in [0, 0.1) is 0 Å². The van der Waals surface area contributed by atoms with Crippen molar-refractivity contribution in [2.75, 3.05) is 6.54 Å². The van der Waals surface area contributed by atoms with E-state index >= 15 is 0 Å². The Morgan fingerprint density at radius 1 is 1.20 bits per heavy atom. The van der Waals surface area contributed by atoms with E-state index in [2.05, 4.69) is 43.4 Å². The van der Waals surface area contributed by atoms with Crippen LogP contribution in [0.15, 0.2) is 24.3 Å². The summed E-state index contributed by atoms with van der Waals surface area (Å²) in [7, 11) is 0. The van der Waals surface area contributed by atoms with Crippen molar-refractivity contribution < 1.29 is 0 Å². The Labute approximate surface area is 92.9 Å². The van der Waals surface area contributed by atoms with Crippen LogP contribution in [-0.4, -0.2) is 6.54 Å². The van der Waals surface area contributed by atoms with E-state index in [-0.39, 0.29) is 5.54 Å². The van der Waals surface area contributed by atoms with Crippen LogP contribution in [0.2, 0.25) is 0 Å². The average molecular weight is 203 g/mol. The molecular formula is C14H21N. The van der Waals surface area contributed by atoms with Gasteiger partial charge >= 0.3 is 0 Å². The van der Waals surface area contributed by atoms with Gasteiger partial charge in [-0.15, -0.1) is 0 Å². The Bertz CT molecular complexity index is 307. The van der Waals surface area contributed by atoms with Gasteiger partial charge in [-0.1, -0.05) is 38.1 Å². The molecule has 0 aliphatic carbocycles. The second kappa shape index (κ2) is 4.36. The molecule has 0 saturated carbocycles. The van der Waals surface area contributed by atoms with Gasteiger partial charge in [0.05, 0.1) is 0 Å². The van der Waals surface area contributed by atoms with Gasteiger partial charge in [0.15, 0.2) is 0 Å². The quantitative estimate of drug-likeness (QED) is 0.795. The van der Waals surface area contributed by atoms with Crippen molar-refractivity contribution in [1.29, 1.82) is 0 Å². The van der Waals surface area contributed by atoms with E-state index in [1.54, 1.807) is 0 Å². The zero-order valence-corrected chi connectivity index (χ0v) is 9.84. The summed E-state index contributed by atoms with van der Waals surface area (Å²) in [5, 5.41) is 3.67. The van der Waals surface area contributed by atoms with Gasteiger partial charge in [-0.3, -0.25) is 0 Å². The second-order valence-electron chi connectivity index (χ2n) is 4.52. The fourth-order valence-corrected chi connectivity index (χ4v) is 2.62. The van der Waals surface area contributed by atoms with Crippen molar-refractivity contribution in [3.8, 4) is 0 Å². The Morgan fingerprint density at radius 3 is 2.40 bits per heavy atom. The molecule has 1 N–H and O–H groups in total. The first-order chi connectivity index (χ1) is 7.30. The van der Waals surface area contributed by atoms with Gasteiger partial charge in [0.2, 0.25) is 0 Å². The Balaban J connectivity index is 2.26. The number of hydrogen-bond acceptors (Lipinski definition) is 1. The van der Waals surface area contributed by atoms with Crippen molar-refractivity contribution in [1.82, 2.24) is 5.32 Å². The molecule has 0 amide bonds. The summed E-state index contributed by atoms with van der Waals surface area (Å²) in [5.41, 5.74) is 3.18. The lowest BCUT2D eigenvalue weighted by Gasteiger charge is -2.29. The van der Waals surface area contributed by atoms with Crippen molar-refractivity contribution in [2.45, 2.75) is 45.1 Å². The van der Waals surface area contributed by atoms with Crippen LogP contribution in [0.25, 0.3) is 0 Å². The van der Waals surface area contributed by atoms with Crippen LogP contribution in [0.1, 0.15) is 44.2 Å². The molecule has 0 bridgehead atoms. The summed E-state index contributed by atoms with van der Waals surface area (Å²) in [4.78, 5) is 0. The van der Waals surface area contributed by atoms with Gasteiger partial charge in [-0.05, 0) is 43.4 Å². The van der Waals surface area contributed by atoms with Gasteiger partial charge in [-0.25, -0.2) is 0 Å². The molecule has 1 unspecified atom stereocenters. The Hall–Kier alpha value is -0.820. The molecule has 2 rings (SSSR count). The summed E-state index contributed by atoms with van der Waals surface area (Å²) >= 11 is 0. The third-order valence-corrected chi connectivity index (χ3v) is 3.76. The van der Waals surface area contributed by atoms with Gasteiger partial charge in [0.25, 0.3) is 0 Å². The van der Waals surface area contributed by atoms with Crippen molar-refractivity contribution in [3.63, 3.8) is 0 Å². The molecule has 1 atom stereocenters. The van der Waals surface area contributed by atoms with E-state index < -0.39 is 0 Å². The molecule has 1 heteroatoms. The summed E-state index contributed by atoms with van der Waals surface area (Å²) < 4.78 is 0. The lowest BCUT2D eigenvalue weighted by molar-refractivity contribution is 0.376. The minimum Gasteiger partial charge on any atom is -0.307 e. The van der Waals surface area contributed by atoms with Gasteiger partial charge in [0.1, 0.15) is 0 Å². The van der Waals surface area contributed by atoms with Crippen molar-refractivity contribution >= 4 is 0 Å². The largest absolute Gasteiger partial charge is 0.307 e. The van der Waals surface area contributed by atoms with E-state index in [0.717, 1.165) is 6.42 Å². The minimum absolute atomic E-state index is 0.270. The Morgan fingerprint density at radius 2 is 1.93 bits per heavy atom. The van der Waals surface area contributed by atoms with Crippen LogP contribution in [0.4, 0.5) is 0 Å². The molecule has 1 heterocycles. The van der Waals surface area contributed by atoms with Gasteiger partial charge < -0.3 is 5.32 Å². The van der Waals surface area contributed by atoms with Gasteiger partial charge in [0, 0.05) is 5.54 Å². The maximum absolute atomic E-state index is 3.67. The second-order valence-corrected chi connectivity index (χ2v) is 4.52. The highest BCUT2D eigenvalue weighted by Gasteiger charge is 2.32. The number of aryl methyl sites for hydroxylation is 1. The lowest BCUT2D eigenvalue weighted by atomic mass is 9.85. The van der Waals surface area contributed by atoms with E-state index in [9.17, 15) is 0 Å². The molecule has 1 fully saturated rings. The van der Waals surface area contributed by atoms with E-state index in [0.29, 0.717) is 0 Å². The average Bonchev–Trinajstić information content (AvgIpc) is 2.79. The third kappa shape index (κ3) is 1.93. The fourth-order valence-electron chi connectivity index (χ4n) is 2.62. The molecule has 1 saturated heterocycles. The molecule has 82 valence electrons. The standard InChI is InChI=1S/C14H21N/c1-3-12-6-8-13(9-7-12)14(4-2)10-5-11-15-14/h6-9,15H,3-5,10-11H2,1-2H3. The van der Waals surface area contributed by atoms with Crippen LogP contribution < -0.4 is 5.32 Å². The van der Waals surface area contributed by atoms with E-state index in [4.69, 9.17) is 0 Å². The topological polar surface area (TPSA) is 12.0 Å². The molecule has 0 aromatic heterocycles. The molecule has 1 aromatic carbocycles. The summed E-state index contributed by atoms with van der Waals surface area (Å²) in [6, 6.07) is 9.15. The van der Waals surface area contributed by atoms with Crippen LogP contribution >= 0.6 is 0 Å². The van der Waals surface area contributed by atoms with Gasteiger partial charge in [-0.2, -0.15) is 0 Å². The molecule has 1 aromatic rings. The number of benzene rings is 1. The molecule has 0 spiro atoms. The third-order valence-electron chi connectivity index (χ3n) is 3.76. The smallest absolute Gasteiger partial charge is 0.0432 e. The molecule has 1 aliphatic rings. The molecule has 1 aliphatic heterocycles. The Kier molecular flexibility index (Phi) is 3.11. The zero-order chi connectivity index (χ0) is 10.7. The predicted octanol–water partition coefficient (Wildman–Crippen LogP) is 3.24. The highest BCUT2D eigenvalue weighted by Crippen LogP contribution is 2.33. The maximum Gasteiger partial charge on any atom is 0.0432 e. The highest BCUT2D eigenvalue weighted by molar-refractivity contribution is 5.29. The summed E-state index contributed by atoms with van der Waals surface area (Å²) in [6.45, 7) is 5.66. The normalized spacial score (nSPS) is 25.7. The minimum atomic E-state index is 0.270. The van der Waals surface area contributed by atoms with E-state index in [1.807, 2.05) is 0 Å². The van der Waals surface area contributed by atoms with Crippen LogP contribution in [0.5, 0.6) is 0 Å². The molecule has 1 nitrogen and oxygen atoms in total. The summed E-state index contributed by atoms with van der Waals surface area (Å²) in [6.07, 6.45) is 4.92.